The van der Waals surface area contributed by atoms with E-state index in [1.54, 1.807) is 0 Å². The molecule has 0 atom stereocenters. The Morgan fingerprint density at radius 1 is 0.562 bits per heavy atom. The lowest BCUT2D eigenvalue weighted by molar-refractivity contribution is 0.986. The monoisotopic (exact) mass is 615 g/mol. The van der Waals surface area contributed by atoms with Crippen molar-refractivity contribution >= 4 is 50.8 Å². The van der Waals surface area contributed by atoms with E-state index >= 15 is 0 Å². The van der Waals surface area contributed by atoms with E-state index in [2.05, 4.69) is 187 Å². The maximum absolute atomic E-state index is 2.39. The van der Waals surface area contributed by atoms with Crippen molar-refractivity contribution in [3.63, 3.8) is 0 Å². The Morgan fingerprint density at radius 3 is 2.00 bits per heavy atom. The summed E-state index contributed by atoms with van der Waals surface area (Å²) < 4.78 is 0. The minimum absolute atomic E-state index is 1.12. The molecule has 0 saturated heterocycles. The average molecular weight is 616 g/mol. The van der Waals surface area contributed by atoms with Gasteiger partial charge in [0.1, 0.15) is 0 Å². The third-order valence-electron chi connectivity index (χ3n) is 9.42. The molecule has 0 heterocycles. The van der Waals surface area contributed by atoms with E-state index in [4.69, 9.17) is 0 Å². The number of nitrogens with zero attached hydrogens (tertiary/aromatic N) is 1. The van der Waals surface area contributed by atoms with Gasteiger partial charge in [0.2, 0.25) is 0 Å². The molecule has 1 aliphatic carbocycles. The first-order valence-electron chi connectivity index (χ1n) is 16.9. The molecule has 230 valence electrons. The highest BCUT2D eigenvalue weighted by Crippen LogP contribution is 2.41. The quantitative estimate of drug-likeness (QED) is 0.161. The summed E-state index contributed by atoms with van der Waals surface area (Å²) in [6, 6.07) is 53.4. The van der Waals surface area contributed by atoms with Gasteiger partial charge in [0.15, 0.2) is 0 Å². The molecular weight excluding hydrogens is 579 g/mol. The number of hydrogen-bond donors (Lipinski definition) is 0. The summed E-state index contributed by atoms with van der Waals surface area (Å²) in [4.78, 5) is 2.39. The fourth-order valence-corrected chi connectivity index (χ4v) is 6.95. The first-order valence-corrected chi connectivity index (χ1v) is 16.9. The van der Waals surface area contributed by atoms with Crippen LogP contribution in [0.1, 0.15) is 30.0 Å². The first kappa shape index (κ1) is 29.5. The van der Waals surface area contributed by atoms with E-state index in [1.165, 1.54) is 60.5 Å². The fraction of sp³-hybridized carbons (Fsp3) is 0.0638. The van der Waals surface area contributed by atoms with Gasteiger partial charge in [0.05, 0.1) is 5.69 Å². The Hall–Kier alpha value is -5.92. The highest BCUT2D eigenvalue weighted by atomic mass is 15.1. The van der Waals surface area contributed by atoms with Gasteiger partial charge >= 0.3 is 0 Å². The van der Waals surface area contributed by atoms with Crippen LogP contribution >= 0.6 is 0 Å². The molecule has 0 spiro atoms. The minimum atomic E-state index is 1.12. The molecule has 0 amide bonds. The molecule has 0 aromatic heterocycles. The lowest BCUT2D eigenvalue weighted by Gasteiger charge is -2.27. The molecule has 8 rings (SSSR count). The largest absolute Gasteiger partial charge is 0.310 e. The molecule has 7 aromatic rings. The molecule has 7 aromatic carbocycles. The van der Waals surface area contributed by atoms with E-state index in [9.17, 15) is 0 Å². The predicted molar refractivity (Wildman–Crippen MR) is 208 cm³/mol. The average Bonchev–Trinajstić information content (AvgIpc) is 3.15. The zero-order chi connectivity index (χ0) is 32.3. The van der Waals surface area contributed by atoms with Crippen molar-refractivity contribution in [3.05, 3.63) is 187 Å². The number of fused-ring (bicyclic) bond motifs is 3. The van der Waals surface area contributed by atoms with Gasteiger partial charge in [-0.05, 0) is 123 Å². The summed E-state index contributed by atoms with van der Waals surface area (Å²) in [5.41, 5.74) is 12.3. The molecule has 1 nitrogen and oxygen atoms in total. The van der Waals surface area contributed by atoms with Crippen LogP contribution in [0.3, 0.4) is 0 Å². The molecule has 0 bridgehead atoms. The smallest absolute Gasteiger partial charge is 0.0540 e. The van der Waals surface area contributed by atoms with Crippen LogP contribution in [0.2, 0.25) is 0 Å². The van der Waals surface area contributed by atoms with Crippen LogP contribution in [0.4, 0.5) is 17.1 Å². The maximum atomic E-state index is 2.39. The zero-order valence-corrected chi connectivity index (χ0v) is 27.2. The van der Waals surface area contributed by atoms with E-state index in [0.717, 1.165) is 29.9 Å². The number of anilines is 3. The summed E-state index contributed by atoms with van der Waals surface area (Å²) in [6.07, 6.45) is 15.3. The summed E-state index contributed by atoms with van der Waals surface area (Å²) >= 11 is 0. The SMILES string of the molecule is C/C=C\C=C/c1cc2ccccc2cc1-c1ccc(N(c2ccc(-c3ccc4c(c3)C=CCC4)cc2)c2cccc3ccccc23)cc1. The predicted octanol–water partition coefficient (Wildman–Crippen LogP) is 13.3. The summed E-state index contributed by atoms with van der Waals surface area (Å²) in [5.74, 6) is 0. The maximum Gasteiger partial charge on any atom is 0.0540 e. The number of allylic oxidation sites excluding steroid dienone is 4. The molecule has 0 saturated carbocycles. The standard InChI is InChI=1S/C47H37N/c1-2-3-4-17-42-32-39-15-7-8-16-40(39)33-46(42)37-25-29-44(30-26-37)48(47-20-11-18-36-13-9-10-19-45(36)47)43-27-23-35(24-28-43)41-22-21-34-12-5-6-14-38(34)31-41/h2-4,6-11,13-33H,5,12H2,1H3/b3-2-,17-4-. The van der Waals surface area contributed by atoms with E-state index in [0.29, 0.717) is 0 Å². The Morgan fingerprint density at radius 2 is 1.23 bits per heavy atom. The normalized spacial score (nSPS) is 12.7. The summed E-state index contributed by atoms with van der Waals surface area (Å²) in [7, 11) is 0. The highest BCUT2D eigenvalue weighted by molar-refractivity contribution is 5.99. The Kier molecular flexibility index (Phi) is 8.02. The van der Waals surface area contributed by atoms with Crippen LogP contribution < -0.4 is 4.90 Å². The fourth-order valence-electron chi connectivity index (χ4n) is 6.95. The molecular formula is C47H37N. The molecule has 1 aliphatic rings. The molecule has 48 heavy (non-hydrogen) atoms. The minimum Gasteiger partial charge on any atom is -0.310 e. The lowest BCUT2D eigenvalue weighted by Crippen LogP contribution is -2.10. The van der Waals surface area contributed by atoms with Gasteiger partial charge in [0, 0.05) is 16.8 Å². The van der Waals surface area contributed by atoms with Crippen LogP contribution in [0.25, 0.3) is 56.0 Å². The molecule has 0 radical (unpaired) electrons. The third-order valence-corrected chi connectivity index (χ3v) is 9.42. The first-order chi connectivity index (χ1) is 23.7. The van der Waals surface area contributed by atoms with Gasteiger partial charge in [-0.1, -0.05) is 134 Å². The van der Waals surface area contributed by atoms with Crippen LogP contribution in [-0.2, 0) is 6.42 Å². The van der Waals surface area contributed by atoms with Gasteiger partial charge in [-0.3, -0.25) is 0 Å². The van der Waals surface area contributed by atoms with Gasteiger partial charge in [-0.25, -0.2) is 0 Å². The van der Waals surface area contributed by atoms with Crippen LogP contribution in [0.5, 0.6) is 0 Å². The number of rotatable bonds is 7. The Labute approximate surface area is 283 Å². The summed E-state index contributed by atoms with van der Waals surface area (Å²) in [6.45, 7) is 2.05. The highest BCUT2D eigenvalue weighted by Gasteiger charge is 2.17. The number of aryl methyl sites for hydroxylation is 1. The summed E-state index contributed by atoms with van der Waals surface area (Å²) in [5, 5.41) is 4.94. The Balaban J connectivity index is 1.22. The van der Waals surface area contributed by atoms with Crippen LogP contribution in [0.15, 0.2) is 170 Å². The van der Waals surface area contributed by atoms with Crippen LogP contribution in [0, 0.1) is 0 Å². The van der Waals surface area contributed by atoms with Crippen molar-refractivity contribution in [1.82, 2.24) is 0 Å². The van der Waals surface area contributed by atoms with Crippen molar-refractivity contribution < 1.29 is 0 Å². The van der Waals surface area contributed by atoms with Gasteiger partial charge < -0.3 is 4.90 Å². The molecule has 0 N–H and O–H groups in total. The Bertz CT molecular complexity index is 2330. The van der Waals surface area contributed by atoms with E-state index in [1.807, 2.05) is 6.92 Å². The van der Waals surface area contributed by atoms with Crippen molar-refractivity contribution in [2.45, 2.75) is 19.8 Å². The second-order valence-corrected chi connectivity index (χ2v) is 12.5. The number of benzene rings is 7. The van der Waals surface area contributed by atoms with E-state index in [-0.39, 0.29) is 0 Å². The second kappa shape index (κ2) is 13.1. The lowest BCUT2D eigenvalue weighted by atomic mass is 9.93. The van der Waals surface area contributed by atoms with Crippen molar-refractivity contribution in [2.24, 2.45) is 0 Å². The third kappa shape index (κ3) is 5.76. The van der Waals surface area contributed by atoms with Gasteiger partial charge in [0.25, 0.3) is 0 Å². The number of hydrogen-bond acceptors (Lipinski definition) is 1. The zero-order valence-electron chi connectivity index (χ0n) is 27.2. The van der Waals surface area contributed by atoms with Crippen molar-refractivity contribution in [3.8, 4) is 22.3 Å². The van der Waals surface area contributed by atoms with Gasteiger partial charge in [-0.15, -0.1) is 0 Å². The van der Waals surface area contributed by atoms with Gasteiger partial charge in [-0.2, -0.15) is 0 Å². The topological polar surface area (TPSA) is 3.24 Å². The van der Waals surface area contributed by atoms with E-state index < -0.39 is 0 Å². The second-order valence-electron chi connectivity index (χ2n) is 12.5. The molecule has 0 unspecified atom stereocenters. The van der Waals surface area contributed by atoms with Crippen LogP contribution in [-0.4, -0.2) is 0 Å². The van der Waals surface area contributed by atoms with Crippen molar-refractivity contribution in [1.29, 1.82) is 0 Å². The van der Waals surface area contributed by atoms with Crippen molar-refractivity contribution in [2.75, 3.05) is 4.90 Å². The molecule has 1 heteroatoms. The molecule has 0 aliphatic heterocycles. The molecule has 0 fully saturated rings.